The van der Waals surface area contributed by atoms with E-state index >= 15 is 0 Å². The Kier molecular flexibility index (Phi) is 6.91. The van der Waals surface area contributed by atoms with Crippen LogP contribution in [0, 0.1) is 6.92 Å². The summed E-state index contributed by atoms with van der Waals surface area (Å²) in [6.45, 7) is 4.59. The van der Waals surface area contributed by atoms with Crippen molar-refractivity contribution in [2.75, 3.05) is 6.54 Å². The summed E-state index contributed by atoms with van der Waals surface area (Å²) in [4.78, 5) is 27.4. The van der Waals surface area contributed by atoms with Gasteiger partial charge < -0.3 is 10.0 Å². The van der Waals surface area contributed by atoms with Crippen LogP contribution >= 0.6 is 15.9 Å². The molecule has 1 heterocycles. The zero-order valence-corrected chi connectivity index (χ0v) is 18.4. The summed E-state index contributed by atoms with van der Waals surface area (Å²) in [5.41, 5.74) is 2.58. The van der Waals surface area contributed by atoms with E-state index in [0.29, 0.717) is 12.1 Å². The molecule has 0 spiro atoms. The van der Waals surface area contributed by atoms with Crippen LogP contribution in [0.3, 0.4) is 0 Å². The lowest BCUT2D eigenvalue weighted by atomic mass is 9.95. The monoisotopic (exact) mass is 455 g/mol. The van der Waals surface area contributed by atoms with Crippen LogP contribution in [0.2, 0.25) is 0 Å². The van der Waals surface area contributed by atoms with Gasteiger partial charge in [0.25, 0.3) is 11.7 Å². The molecule has 1 saturated heterocycles. The summed E-state index contributed by atoms with van der Waals surface area (Å²) in [6.07, 6.45) is 4.03. The number of Topliss-reactive ketones (excluding diaryl/α,β-unsaturated/α-hetero) is 1. The number of amides is 1. The fourth-order valence-corrected chi connectivity index (χ4v) is 3.94. The van der Waals surface area contributed by atoms with Gasteiger partial charge in [0.2, 0.25) is 0 Å². The molecule has 152 valence electrons. The first-order valence-corrected chi connectivity index (χ1v) is 10.8. The van der Waals surface area contributed by atoms with Crippen molar-refractivity contribution >= 4 is 33.4 Å². The molecule has 0 saturated carbocycles. The zero-order chi connectivity index (χ0) is 21.0. The molecule has 1 N–H and O–H groups in total. The fourth-order valence-electron chi connectivity index (χ4n) is 3.68. The molecular weight excluding hydrogens is 430 g/mol. The Morgan fingerprint density at radius 2 is 1.66 bits per heavy atom. The standard InChI is InChI=1S/C24H26BrNO3/c1-3-4-5-6-15-26-21(17-11-13-19(25)14-12-17)20(23(28)24(26)29)22(27)18-9-7-16(2)8-10-18/h7-14,21,27H,3-6,15H2,1-2H3/b22-20+/t21-/m0/s1. The first kappa shape index (κ1) is 21.3. The van der Waals surface area contributed by atoms with Crippen molar-refractivity contribution in [2.45, 2.75) is 45.6 Å². The molecule has 0 bridgehead atoms. The first-order valence-electron chi connectivity index (χ1n) is 10.0. The maximum Gasteiger partial charge on any atom is 0.295 e. The number of halogens is 1. The third-order valence-corrected chi connectivity index (χ3v) is 5.83. The second-order valence-corrected chi connectivity index (χ2v) is 8.39. The van der Waals surface area contributed by atoms with Crippen molar-refractivity contribution < 1.29 is 14.7 Å². The molecule has 1 fully saturated rings. The van der Waals surface area contributed by atoms with Crippen molar-refractivity contribution in [3.63, 3.8) is 0 Å². The number of likely N-dealkylation sites (tertiary alicyclic amines) is 1. The molecule has 4 nitrogen and oxygen atoms in total. The van der Waals surface area contributed by atoms with Crippen molar-refractivity contribution in [2.24, 2.45) is 0 Å². The minimum atomic E-state index is -0.619. The van der Waals surface area contributed by atoms with E-state index in [0.717, 1.165) is 41.3 Å². The minimum absolute atomic E-state index is 0.118. The number of aryl methyl sites for hydroxylation is 1. The number of hydrogen-bond donors (Lipinski definition) is 1. The lowest BCUT2D eigenvalue weighted by Gasteiger charge is -2.25. The van der Waals surface area contributed by atoms with Crippen LogP contribution in [0.5, 0.6) is 0 Å². The summed E-state index contributed by atoms with van der Waals surface area (Å²) in [5.74, 6) is -1.28. The van der Waals surface area contributed by atoms with E-state index in [4.69, 9.17) is 0 Å². The molecule has 0 aliphatic carbocycles. The van der Waals surface area contributed by atoms with Gasteiger partial charge in [0.05, 0.1) is 11.6 Å². The Morgan fingerprint density at radius 1 is 1.00 bits per heavy atom. The molecule has 0 aromatic heterocycles. The lowest BCUT2D eigenvalue weighted by Crippen LogP contribution is -2.30. The molecule has 1 aliphatic heterocycles. The normalized spacial score (nSPS) is 18.4. The van der Waals surface area contributed by atoms with Gasteiger partial charge in [0.1, 0.15) is 5.76 Å². The topological polar surface area (TPSA) is 57.6 Å². The number of hydrogen-bond acceptors (Lipinski definition) is 3. The van der Waals surface area contributed by atoms with Crippen LogP contribution in [-0.4, -0.2) is 28.2 Å². The first-order chi connectivity index (χ1) is 13.9. The smallest absolute Gasteiger partial charge is 0.295 e. The van der Waals surface area contributed by atoms with Gasteiger partial charge in [-0.1, -0.05) is 84.1 Å². The second kappa shape index (κ2) is 9.40. The van der Waals surface area contributed by atoms with E-state index in [2.05, 4.69) is 22.9 Å². The van der Waals surface area contributed by atoms with Crippen molar-refractivity contribution in [1.29, 1.82) is 0 Å². The molecule has 1 amide bonds. The van der Waals surface area contributed by atoms with Crippen molar-refractivity contribution in [1.82, 2.24) is 4.90 Å². The summed E-state index contributed by atoms with van der Waals surface area (Å²) >= 11 is 3.43. The predicted molar refractivity (Wildman–Crippen MR) is 118 cm³/mol. The Bertz CT molecular complexity index is 916. The molecule has 2 aromatic carbocycles. The van der Waals surface area contributed by atoms with Crippen LogP contribution in [0.1, 0.15) is 55.3 Å². The van der Waals surface area contributed by atoms with Crippen LogP contribution < -0.4 is 0 Å². The number of benzene rings is 2. The van der Waals surface area contributed by atoms with E-state index < -0.39 is 17.7 Å². The van der Waals surface area contributed by atoms with Gasteiger partial charge in [0.15, 0.2) is 0 Å². The third kappa shape index (κ3) is 4.61. The van der Waals surface area contributed by atoms with Gasteiger partial charge in [-0.2, -0.15) is 0 Å². The van der Waals surface area contributed by atoms with Gasteiger partial charge in [-0.25, -0.2) is 0 Å². The Labute approximate surface area is 180 Å². The largest absolute Gasteiger partial charge is 0.507 e. The summed E-state index contributed by atoms with van der Waals surface area (Å²) in [6, 6.07) is 14.3. The van der Waals surface area contributed by atoms with Crippen LogP contribution in [0.25, 0.3) is 5.76 Å². The van der Waals surface area contributed by atoms with E-state index in [1.165, 1.54) is 0 Å². The van der Waals surface area contributed by atoms with Gasteiger partial charge in [-0.05, 0) is 31.0 Å². The molecule has 0 unspecified atom stereocenters. The van der Waals surface area contributed by atoms with E-state index in [1.807, 2.05) is 43.3 Å². The minimum Gasteiger partial charge on any atom is -0.507 e. The Hall–Kier alpha value is -2.40. The Balaban J connectivity index is 2.05. The van der Waals surface area contributed by atoms with Gasteiger partial charge >= 0.3 is 0 Å². The van der Waals surface area contributed by atoms with Crippen LogP contribution in [0.4, 0.5) is 0 Å². The number of unbranched alkanes of at least 4 members (excludes halogenated alkanes) is 3. The van der Waals surface area contributed by atoms with Crippen molar-refractivity contribution in [3.8, 4) is 0 Å². The highest BCUT2D eigenvalue weighted by atomic mass is 79.9. The van der Waals surface area contributed by atoms with Crippen LogP contribution in [0.15, 0.2) is 58.6 Å². The van der Waals surface area contributed by atoms with E-state index in [1.54, 1.807) is 17.0 Å². The summed E-state index contributed by atoms with van der Waals surface area (Å²) < 4.78 is 0.916. The molecule has 2 aromatic rings. The third-order valence-electron chi connectivity index (χ3n) is 5.30. The van der Waals surface area contributed by atoms with Gasteiger partial charge in [-0.3, -0.25) is 9.59 Å². The average molecular weight is 456 g/mol. The van der Waals surface area contributed by atoms with Crippen LogP contribution in [-0.2, 0) is 9.59 Å². The van der Waals surface area contributed by atoms with Gasteiger partial charge in [0, 0.05) is 16.6 Å². The molecule has 0 radical (unpaired) electrons. The number of carbonyl (C=O) groups excluding carboxylic acids is 2. The maximum atomic E-state index is 12.9. The molecule has 1 atom stereocenters. The number of aliphatic hydroxyl groups excluding tert-OH is 1. The average Bonchev–Trinajstić information content (AvgIpc) is 2.96. The van der Waals surface area contributed by atoms with Gasteiger partial charge in [-0.15, -0.1) is 0 Å². The number of carbonyl (C=O) groups is 2. The number of nitrogens with zero attached hydrogens (tertiary/aromatic N) is 1. The molecule has 3 rings (SSSR count). The predicted octanol–water partition coefficient (Wildman–Crippen LogP) is 5.76. The quantitative estimate of drug-likeness (QED) is 0.250. The summed E-state index contributed by atoms with van der Waals surface area (Å²) in [5, 5.41) is 11.0. The molecule has 1 aliphatic rings. The highest BCUT2D eigenvalue weighted by Gasteiger charge is 2.45. The lowest BCUT2D eigenvalue weighted by molar-refractivity contribution is -0.139. The van der Waals surface area contributed by atoms with Crippen molar-refractivity contribution in [3.05, 3.63) is 75.3 Å². The number of aliphatic hydroxyl groups is 1. The number of rotatable bonds is 7. The Morgan fingerprint density at radius 3 is 2.28 bits per heavy atom. The molecule has 29 heavy (non-hydrogen) atoms. The highest BCUT2D eigenvalue weighted by Crippen LogP contribution is 2.39. The molecule has 5 heteroatoms. The highest BCUT2D eigenvalue weighted by molar-refractivity contribution is 9.10. The van der Waals surface area contributed by atoms with E-state index in [-0.39, 0.29) is 11.3 Å². The second-order valence-electron chi connectivity index (χ2n) is 7.47. The molecular formula is C24H26BrNO3. The van der Waals surface area contributed by atoms with E-state index in [9.17, 15) is 14.7 Å². The fraction of sp³-hybridized carbons (Fsp3) is 0.333. The SMILES string of the molecule is CCCCCCN1C(=O)C(=O)/C(=C(/O)c2ccc(C)cc2)[C@@H]1c1ccc(Br)cc1. The zero-order valence-electron chi connectivity index (χ0n) is 16.8. The number of ketones is 1. The summed E-state index contributed by atoms with van der Waals surface area (Å²) in [7, 11) is 0. The maximum absolute atomic E-state index is 12.9.